The Morgan fingerprint density at radius 3 is 2.38 bits per heavy atom. The van der Waals surface area contributed by atoms with Crippen molar-refractivity contribution < 1.29 is 9.53 Å². The molecular formula is C18H20IN3O2. The minimum absolute atomic E-state index is 0.0529. The summed E-state index contributed by atoms with van der Waals surface area (Å²) < 4.78 is 6.73. The van der Waals surface area contributed by atoms with Crippen molar-refractivity contribution in [3.05, 3.63) is 57.9 Å². The third-order valence-electron chi connectivity index (χ3n) is 4.06. The summed E-state index contributed by atoms with van der Waals surface area (Å²) in [6.07, 6.45) is 3.63. The quantitative estimate of drug-likeness (QED) is 0.675. The first-order valence-electron chi connectivity index (χ1n) is 7.98. The summed E-state index contributed by atoms with van der Waals surface area (Å²) in [5.74, 6) is 0.789. The van der Waals surface area contributed by atoms with Crippen LogP contribution in [0.15, 0.2) is 48.8 Å². The number of pyridine rings is 1. The lowest BCUT2D eigenvalue weighted by molar-refractivity contribution is -0.135. The van der Waals surface area contributed by atoms with Gasteiger partial charge in [0.05, 0.1) is 0 Å². The van der Waals surface area contributed by atoms with Crippen molar-refractivity contribution in [3.8, 4) is 5.75 Å². The number of benzene rings is 1. The van der Waals surface area contributed by atoms with Gasteiger partial charge >= 0.3 is 0 Å². The number of halogens is 1. The molecule has 0 atom stereocenters. The number of nitrogens with zero attached hydrogens (tertiary/aromatic N) is 3. The van der Waals surface area contributed by atoms with Crippen molar-refractivity contribution >= 4 is 28.5 Å². The Kier molecular flexibility index (Phi) is 6.03. The molecule has 0 saturated carbocycles. The average molecular weight is 437 g/mol. The molecule has 0 bridgehead atoms. The van der Waals surface area contributed by atoms with Crippen molar-refractivity contribution in [2.45, 2.75) is 6.54 Å². The first-order chi connectivity index (χ1) is 11.7. The molecule has 2 aromatic rings. The van der Waals surface area contributed by atoms with E-state index in [4.69, 9.17) is 4.74 Å². The maximum atomic E-state index is 12.3. The summed E-state index contributed by atoms with van der Waals surface area (Å²) in [6, 6.07) is 11.8. The molecule has 3 rings (SSSR count). The summed E-state index contributed by atoms with van der Waals surface area (Å²) in [5, 5.41) is 0. The summed E-state index contributed by atoms with van der Waals surface area (Å²) >= 11 is 2.24. The molecule has 6 heteroatoms. The Labute approximate surface area is 155 Å². The van der Waals surface area contributed by atoms with Gasteiger partial charge in [-0.3, -0.25) is 14.7 Å². The van der Waals surface area contributed by atoms with E-state index < -0.39 is 0 Å². The van der Waals surface area contributed by atoms with E-state index in [9.17, 15) is 4.79 Å². The van der Waals surface area contributed by atoms with Crippen LogP contribution in [0.2, 0.25) is 0 Å². The second-order valence-electron chi connectivity index (χ2n) is 5.75. The molecule has 24 heavy (non-hydrogen) atoms. The first kappa shape index (κ1) is 17.2. The van der Waals surface area contributed by atoms with Crippen molar-refractivity contribution in [3.63, 3.8) is 0 Å². The van der Waals surface area contributed by atoms with Gasteiger partial charge in [0, 0.05) is 48.7 Å². The Morgan fingerprint density at radius 2 is 1.71 bits per heavy atom. The predicted molar refractivity (Wildman–Crippen MR) is 101 cm³/mol. The first-order valence-corrected chi connectivity index (χ1v) is 9.06. The zero-order chi connectivity index (χ0) is 16.8. The van der Waals surface area contributed by atoms with Crippen LogP contribution in [-0.4, -0.2) is 53.5 Å². The predicted octanol–water partition coefficient (Wildman–Crippen LogP) is 2.41. The van der Waals surface area contributed by atoms with Crippen molar-refractivity contribution in [1.29, 1.82) is 0 Å². The lowest BCUT2D eigenvalue weighted by Gasteiger charge is -2.34. The SMILES string of the molecule is O=C(COc1ccc(I)cc1)N1CCN(Cc2ccncc2)CC1. The molecule has 0 aliphatic carbocycles. The fraction of sp³-hybridized carbons (Fsp3) is 0.333. The van der Waals surface area contributed by atoms with Crippen LogP contribution in [0.4, 0.5) is 0 Å². The second-order valence-corrected chi connectivity index (χ2v) is 7.00. The molecule has 0 radical (unpaired) electrons. The summed E-state index contributed by atoms with van der Waals surface area (Å²) in [5.41, 5.74) is 1.26. The molecule has 1 aliphatic heterocycles. The van der Waals surface area contributed by atoms with Gasteiger partial charge in [-0.25, -0.2) is 0 Å². The van der Waals surface area contributed by atoms with Gasteiger partial charge in [-0.05, 0) is 64.6 Å². The Hall–Kier alpha value is -1.67. The fourth-order valence-corrected chi connectivity index (χ4v) is 3.03. The van der Waals surface area contributed by atoms with E-state index in [0.717, 1.165) is 42.0 Å². The molecule has 0 spiro atoms. The number of hydrogen-bond donors (Lipinski definition) is 0. The maximum Gasteiger partial charge on any atom is 0.260 e. The average Bonchev–Trinajstić information content (AvgIpc) is 2.62. The highest BCUT2D eigenvalue weighted by Crippen LogP contribution is 2.14. The Balaban J connectivity index is 1.42. The van der Waals surface area contributed by atoms with E-state index in [-0.39, 0.29) is 12.5 Å². The number of hydrogen-bond acceptors (Lipinski definition) is 4. The van der Waals surface area contributed by atoms with Crippen molar-refractivity contribution in [2.75, 3.05) is 32.8 Å². The molecule has 1 aliphatic rings. The summed E-state index contributed by atoms with van der Waals surface area (Å²) in [4.78, 5) is 20.6. The number of amides is 1. The van der Waals surface area contributed by atoms with Crippen LogP contribution in [0.25, 0.3) is 0 Å². The molecular weight excluding hydrogens is 417 g/mol. The Morgan fingerprint density at radius 1 is 1.04 bits per heavy atom. The van der Waals surface area contributed by atoms with E-state index in [2.05, 4.69) is 32.5 Å². The molecule has 0 unspecified atom stereocenters. The van der Waals surface area contributed by atoms with Gasteiger partial charge in [-0.2, -0.15) is 0 Å². The van der Waals surface area contributed by atoms with Gasteiger partial charge in [-0.1, -0.05) is 0 Å². The highest BCUT2D eigenvalue weighted by Gasteiger charge is 2.21. The molecule has 1 aromatic carbocycles. The van der Waals surface area contributed by atoms with Crippen LogP contribution in [0, 0.1) is 3.57 Å². The molecule has 1 aromatic heterocycles. The molecule has 1 fully saturated rings. The highest BCUT2D eigenvalue weighted by atomic mass is 127. The minimum Gasteiger partial charge on any atom is -0.484 e. The van der Waals surface area contributed by atoms with Crippen LogP contribution in [-0.2, 0) is 11.3 Å². The maximum absolute atomic E-state index is 12.3. The molecule has 0 N–H and O–H groups in total. The molecule has 1 amide bonds. The van der Waals surface area contributed by atoms with Crippen LogP contribution in [0.3, 0.4) is 0 Å². The number of piperazine rings is 1. The summed E-state index contributed by atoms with van der Waals surface area (Å²) in [6.45, 7) is 4.28. The van der Waals surface area contributed by atoms with E-state index >= 15 is 0 Å². The zero-order valence-corrected chi connectivity index (χ0v) is 15.6. The smallest absolute Gasteiger partial charge is 0.260 e. The number of aromatic nitrogens is 1. The molecule has 126 valence electrons. The van der Waals surface area contributed by atoms with E-state index in [1.54, 1.807) is 0 Å². The third-order valence-corrected chi connectivity index (χ3v) is 4.78. The van der Waals surface area contributed by atoms with Crippen LogP contribution in [0.1, 0.15) is 5.56 Å². The van der Waals surface area contributed by atoms with Crippen LogP contribution < -0.4 is 4.74 Å². The normalized spacial score (nSPS) is 15.3. The van der Waals surface area contributed by atoms with Crippen LogP contribution >= 0.6 is 22.6 Å². The number of ether oxygens (including phenoxy) is 1. The monoisotopic (exact) mass is 437 g/mol. The van der Waals surface area contributed by atoms with Gasteiger partial charge in [0.2, 0.25) is 0 Å². The molecule has 2 heterocycles. The lowest BCUT2D eigenvalue weighted by atomic mass is 10.2. The standard InChI is InChI=1S/C18H20IN3O2/c19-16-1-3-17(4-2-16)24-14-18(23)22-11-9-21(10-12-22)13-15-5-7-20-8-6-15/h1-8H,9-14H2. The van der Waals surface area contributed by atoms with Gasteiger partial charge in [0.25, 0.3) is 5.91 Å². The number of rotatable bonds is 5. The zero-order valence-electron chi connectivity index (χ0n) is 13.4. The number of carbonyl (C=O) groups excluding carboxylic acids is 1. The molecule has 5 nitrogen and oxygen atoms in total. The van der Waals surface area contributed by atoms with Gasteiger partial charge in [0.1, 0.15) is 5.75 Å². The second kappa shape index (κ2) is 8.43. The van der Waals surface area contributed by atoms with Crippen molar-refractivity contribution in [1.82, 2.24) is 14.8 Å². The third kappa shape index (κ3) is 4.91. The topological polar surface area (TPSA) is 45.7 Å². The Bertz CT molecular complexity index is 656. The molecule has 1 saturated heterocycles. The number of carbonyl (C=O) groups is 1. The van der Waals surface area contributed by atoms with E-state index in [0.29, 0.717) is 0 Å². The van der Waals surface area contributed by atoms with Gasteiger partial charge in [-0.15, -0.1) is 0 Å². The van der Waals surface area contributed by atoms with E-state index in [1.165, 1.54) is 5.56 Å². The largest absolute Gasteiger partial charge is 0.484 e. The van der Waals surface area contributed by atoms with Crippen LogP contribution in [0.5, 0.6) is 5.75 Å². The van der Waals surface area contributed by atoms with Gasteiger partial charge < -0.3 is 9.64 Å². The van der Waals surface area contributed by atoms with E-state index in [1.807, 2.05) is 53.7 Å². The lowest BCUT2D eigenvalue weighted by Crippen LogP contribution is -2.49. The summed E-state index contributed by atoms with van der Waals surface area (Å²) in [7, 11) is 0. The minimum atomic E-state index is 0.0529. The fourth-order valence-electron chi connectivity index (χ4n) is 2.67. The highest BCUT2D eigenvalue weighted by molar-refractivity contribution is 14.1. The van der Waals surface area contributed by atoms with Crippen molar-refractivity contribution in [2.24, 2.45) is 0 Å². The van der Waals surface area contributed by atoms with Gasteiger partial charge in [0.15, 0.2) is 6.61 Å².